The van der Waals surface area contributed by atoms with Crippen LogP contribution in [0.15, 0.2) is 36.4 Å². The molecule has 0 aliphatic rings. The summed E-state index contributed by atoms with van der Waals surface area (Å²) in [5, 5.41) is 11.2. The number of rotatable bonds is 1. The third-order valence-electron chi connectivity index (χ3n) is 2.79. The molecule has 18 heavy (non-hydrogen) atoms. The molecular formula is C14H10ClNOS. The van der Waals surface area contributed by atoms with Gasteiger partial charge in [-0.3, -0.25) is 0 Å². The van der Waals surface area contributed by atoms with Gasteiger partial charge in [-0.15, -0.1) is 11.3 Å². The number of benzene rings is 2. The number of nitrogens with zero attached hydrogens (tertiary/aromatic N) is 1. The molecule has 0 saturated heterocycles. The Hall–Kier alpha value is -1.58. The first-order chi connectivity index (χ1) is 8.63. The normalized spacial score (nSPS) is 11.0. The summed E-state index contributed by atoms with van der Waals surface area (Å²) < 4.78 is 1.11. The van der Waals surface area contributed by atoms with E-state index in [1.165, 1.54) is 0 Å². The fourth-order valence-corrected chi connectivity index (χ4v) is 2.92. The van der Waals surface area contributed by atoms with E-state index in [1.54, 1.807) is 17.4 Å². The first-order valence-corrected chi connectivity index (χ1v) is 6.69. The molecule has 90 valence electrons. The number of hydrogen-bond acceptors (Lipinski definition) is 3. The van der Waals surface area contributed by atoms with E-state index in [9.17, 15) is 5.11 Å². The van der Waals surface area contributed by atoms with Gasteiger partial charge in [0.15, 0.2) is 0 Å². The zero-order chi connectivity index (χ0) is 12.7. The maximum Gasteiger partial charge on any atom is 0.124 e. The minimum absolute atomic E-state index is 0.308. The van der Waals surface area contributed by atoms with Crippen LogP contribution in [0.2, 0.25) is 5.02 Å². The number of thiazole rings is 1. The van der Waals surface area contributed by atoms with Gasteiger partial charge in [-0.1, -0.05) is 11.6 Å². The predicted octanol–water partition coefficient (Wildman–Crippen LogP) is 4.63. The number of phenols is 1. The molecule has 2 nitrogen and oxygen atoms in total. The second-order valence-corrected chi connectivity index (χ2v) is 5.60. The van der Waals surface area contributed by atoms with Crippen molar-refractivity contribution in [1.29, 1.82) is 0 Å². The highest BCUT2D eigenvalue weighted by Crippen LogP contribution is 2.33. The first kappa shape index (κ1) is 11.5. The fraction of sp³-hybridized carbons (Fsp3) is 0.0714. The highest BCUT2D eigenvalue weighted by atomic mass is 35.5. The Morgan fingerprint density at radius 2 is 2.00 bits per heavy atom. The van der Waals surface area contributed by atoms with Crippen molar-refractivity contribution in [1.82, 2.24) is 4.98 Å². The monoisotopic (exact) mass is 275 g/mol. The van der Waals surface area contributed by atoms with Gasteiger partial charge in [0, 0.05) is 10.6 Å². The molecule has 0 spiro atoms. The van der Waals surface area contributed by atoms with Crippen LogP contribution in [0.25, 0.3) is 20.8 Å². The summed E-state index contributed by atoms with van der Waals surface area (Å²) in [4.78, 5) is 4.57. The molecule has 0 saturated carbocycles. The van der Waals surface area contributed by atoms with Gasteiger partial charge in [-0.05, 0) is 48.9 Å². The minimum Gasteiger partial charge on any atom is -0.508 e. The van der Waals surface area contributed by atoms with Gasteiger partial charge in [-0.2, -0.15) is 0 Å². The van der Waals surface area contributed by atoms with E-state index < -0.39 is 0 Å². The van der Waals surface area contributed by atoms with E-state index in [-0.39, 0.29) is 0 Å². The molecule has 0 radical (unpaired) electrons. The lowest BCUT2D eigenvalue weighted by Gasteiger charge is -2.00. The zero-order valence-electron chi connectivity index (χ0n) is 9.64. The van der Waals surface area contributed by atoms with E-state index in [2.05, 4.69) is 4.98 Å². The summed E-state index contributed by atoms with van der Waals surface area (Å²) in [6.07, 6.45) is 0. The van der Waals surface area contributed by atoms with Crippen molar-refractivity contribution >= 4 is 33.2 Å². The molecule has 1 N–H and O–H groups in total. The quantitative estimate of drug-likeness (QED) is 0.702. The zero-order valence-corrected chi connectivity index (χ0v) is 11.2. The summed E-state index contributed by atoms with van der Waals surface area (Å²) in [5.41, 5.74) is 2.78. The summed E-state index contributed by atoms with van der Waals surface area (Å²) >= 11 is 7.57. The smallest absolute Gasteiger partial charge is 0.124 e. The standard InChI is InChI=1S/C14H10ClNOS/c1-8-6-9(2-4-12(8)17)14-16-11-7-10(15)3-5-13(11)18-14/h2-7,17H,1H3. The second kappa shape index (κ2) is 4.26. The van der Waals surface area contributed by atoms with Crippen LogP contribution in [0.5, 0.6) is 5.75 Å². The van der Waals surface area contributed by atoms with Crippen molar-refractivity contribution in [2.24, 2.45) is 0 Å². The average Bonchev–Trinajstić information content (AvgIpc) is 2.75. The molecule has 4 heteroatoms. The number of aromatic hydroxyl groups is 1. The molecule has 1 aromatic heterocycles. The Morgan fingerprint density at radius 1 is 1.17 bits per heavy atom. The fourth-order valence-electron chi connectivity index (χ4n) is 1.81. The van der Waals surface area contributed by atoms with Crippen molar-refractivity contribution in [3.05, 3.63) is 47.0 Å². The van der Waals surface area contributed by atoms with Crippen LogP contribution in [0.3, 0.4) is 0 Å². The van der Waals surface area contributed by atoms with Crippen LogP contribution in [0, 0.1) is 6.92 Å². The van der Waals surface area contributed by atoms with E-state index in [0.717, 1.165) is 26.4 Å². The molecule has 0 aliphatic carbocycles. The molecule has 0 bridgehead atoms. The number of halogens is 1. The molecule has 0 atom stereocenters. The lowest BCUT2D eigenvalue weighted by Crippen LogP contribution is -1.79. The van der Waals surface area contributed by atoms with Gasteiger partial charge in [-0.25, -0.2) is 4.98 Å². The Kier molecular flexibility index (Phi) is 2.73. The molecule has 1 heterocycles. The van der Waals surface area contributed by atoms with Crippen LogP contribution in [0.4, 0.5) is 0 Å². The second-order valence-electron chi connectivity index (χ2n) is 4.13. The van der Waals surface area contributed by atoms with Crippen LogP contribution in [0.1, 0.15) is 5.56 Å². The highest BCUT2D eigenvalue weighted by molar-refractivity contribution is 7.21. The topological polar surface area (TPSA) is 33.1 Å². The van der Waals surface area contributed by atoms with E-state index >= 15 is 0 Å². The maximum absolute atomic E-state index is 9.53. The van der Waals surface area contributed by atoms with Crippen molar-refractivity contribution in [2.45, 2.75) is 6.92 Å². The lowest BCUT2D eigenvalue weighted by molar-refractivity contribution is 0.471. The summed E-state index contributed by atoms with van der Waals surface area (Å²) in [5.74, 6) is 0.308. The largest absolute Gasteiger partial charge is 0.508 e. The Labute approximate surface area is 113 Å². The van der Waals surface area contributed by atoms with Crippen molar-refractivity contribution in [3.63, 3.8) is 0 Å². The van der Waals surface area contributed by atoms with Crippen molar-refractivity contribution in [3.8, 4) is 16.3 Å². The molecule has 0 fully saturated rings. The van der Waals surface area contributed by atoms with Crippen LogP contribution >= 0.6 is 22.9 Å². The van der Waals surface area contributed by atoms with Crippen molar-refractivity contribution in [2.75, 3.05) is 0 Å². The summed E-state index contributed by atoms with van der Waals surface area (Å²) in [6.45, 7) is 1.88. The van der Waals surface area contributed by atoms with Gasteiger partial charge in [0.1, 0.15) is 10.8 Å². The van der Waals surface area contributed by atoms with Gasteiger partial charge < -0.3 is 5.11 Å². The molecule has 3 aromatic rings. The number of fused-ring (bicyclic) bond motifs is 1. The number of phenolic OH excluding ortho intramolecular Hbond substituents is 1. The summed E-state index contributed by atoms with van der Waals surface area (Å²) in [6, 6.07) is 11.2. The lowest BCUT2D eigenvalue weighted by atomic mass is 10.1. The minimum atomic E-state index is 0.308. The van der Waals surface area contributed by atoms with Crippen LogP contribution < -0.4 is 0 Å². The van der Waals surface area contributed by atoms with Gasteiger partial charge in [0.25, 0.3) is 0 Å². The van der Waals surface area contributed by atoms with Gasteiger partial charge in [0.2, 0.25) is 0 Å². The summed E-state index contributed by atoms with van der Waals surface area (Å²) in [7, 11) is 0. The third kappa shape index (κ3) is 1.96. The molecule has 2 aromatic carbocycles. The van der Waals surface area contributed by atoms with E-state index in [0.29, 0.717) is 10.8 Å². The molecule has 0 unspecified atom stereocenters. The maximum atomic E-state index is 9.53. The van der Waals surface area contributed by atoms with E-state index in [1.807, 2.05) is 37.3 Å². The van der Waals surface area contributed by atoms with Gasteiger partial charge >= 0.3 is 0 Å². The van der Waals surface area contributed by atoms with Gasteiger partial charge in [0.05, 0.1) is 10.2 Å². The molecule has 0 aliphatic heterocycles. The van der Waals surface area contributed by atoms with Crippen LogP contribution in [-0.4, -0.2) is 10.1 Å². The predicted molar refractivity (Wildman–Crippen MR) is 76.5 cm³/mol. The molecule has 0 amide bonds. The van der Waals surface area contributed by atoms with Crippen molar-refractivity contribution < 1.29 is 5.11 Å². The first-order valence-electron chi connectivity index (χ1n) is 5.49. The number of hydrogen-bond donors (Lipinski definition) is 1. The molecule has 3 rings (SSSR count). The average molecular weight is 276 g/mol. The Bertz CT molecular complexity index is 736. The number of aromatic nitrogens is 1. The van der Waals surface area contributed by atoms with E-state index in [4.69, 9.17) is 11.6 Å². The third-order valence-corrected chi connectivity index (χ3v) is 4.11. The SMILES string of the molecule is Cc1cc(-c2nc3cc(Cl)ccc3s2)ccc1O. The Morgan fingerprint density at radius 3 is 2.78 bits per heavy atom. The number of aryl methyl sites for hydroxylation is 1. The highest BCUT2D eigenvalue weighted by Gasteiger charge is 2.08. The Balaban J connectivity index is 2.16. The van der Waals surface area contributed by atoms with Crippen LogP contribution in [-0.2, 0) is 0 Å². The molecular weight excluding hydrogens is 266 g/mol.